The van der Waals surface area contributed by atoms with Crippen LogP contribution >= 0.6 is 0 Å². The molecule has 23 heavy (non-hydrogen) atoms. The van der Waals surface area contributed by atoms with Crippen molar-refractivity contribution in [2.24, 2.45) is 0 Å². The van der Waals surface area contributed by atoms with E-state index in [4.69, 9.17) is 0 Å². The van der Waals surface area contributed by atoms with Gasteiger partial charge in [0.2, 0.25) is 0 Å². The minimum absolute atomic E-state index is 0.0709. The molecular formula is C19H18N2O2. The summed E-state index contributed by atoms with van der Waals surface area (Å²) >= 11 is 0. The van der Waals surface area contributed by atoms with E-state index in [2.05, 4.69) is 10.9 Å². The van der Waals surface area contributed by atoms with Crippen molar-refractivity contribution >= 4 is 11.7 Å². The van der Waals surface area contributed by atoms with E-state index in [1.165, 1.54) is 0 Å². The fourth-order valence-corrected chi connectivity index (χ4v) is 2.74. The summed E-state index contributed by atoms with van der Waals surface area (Å²) < 4.78 is 0. The first-order chi connectivity index (χ1) is 11.2. The summed E-state index contributed by atoms with van der Waals surface area (Å²) in [5, 5.41) is 0. The van der Waals surface area contributed by atoms with Crippen molar-refractivity contribution in [3.8, 4) is 0 Å². The van der Waals surface area contributed by atoms with E-state index in [-0.39, 0.29) is 17.6 Å². The minimum Gasteiger partial charge on any atom is -0.302 e. The van der Waals surface area contributed by atoms with Crippen LogP contribution < -0.4 is 10.9 Å². The van der Waals surface area contributed by atoms with E-state index in [9.17, 15) is 9.59 Å². The normalized spacial score (nSPS) is 17.3. The van der Waals surface area contributed by atoms with Crippen LogP contribution in [0.15, 0.2) is 72.4 Å². The van der Waals surface area contributed by atoms with Crippen LogP contribution in [0.25, 0.3) is 0 Å². The van der Waals surface area contributed by atoms with E-state index < -0.39 is 0 Å². The van der Waals surface area contributed by atoms with Crippen LogP contribution in [-0.2, 0) is 4.79 Å². The van der Waals surface area contributed by atoms with Gasteiger partial charge in [0, 0.05) is 23.8 Å². The lowest BCUT2D eigenvalue weighted by atomic mass is 9.86. The van der Waals surface area contributed by atoms with Gasteiger partial charge in [0.25, 0.3) is 5.91 Å². The first kappa shape index (κ1) is 15.0. The van der Waals surface area contributed by atoms with E-state index in [1.807, 2.05) is 48.5 Å². The van der Waals surface area contributed by atoms with E-state index >= 15 is 0 Å². The summed E-state index contributed by atoms with van der Waals surface area (Å²) in [6.07, 6.45) is 2.78. The molecule has 0 radical (unpaired) electrons. The Bertz CT molecular complexity index is 724. The molecule has 2 aromatic rings. The molecule has 0 aromatic heterocycles. The molecule has 0 bridgehead atoms. The van der Waals surface area contributed by atoms with Gasteiger partial charge in [-0.05, 0) is 30.0 Å². The summed E-state index contributed by atoms with van der Waals surface area (Å²) in [5.41, 5.74) is 7.99. The number of ketones is 1. The largest absolute Gasteiger partial charge is 0.302 e. The molecule has 2 aromatic carbocycles. The molecule has 116 valence electrons. The average molecular weight is 306 g/mol. The van der Waals surface area contributed by atoms with Crippen LogP contribution in [-0.4, -0.2) is 11.7 Å². The number of hydrazine groups is 1. The maximum Gasteiger partial charge on any atom is 0.269 e. The zero-order valence-electron chi connectivity index (χ0n) is 12.7. The summed E-state index contributed by atoms with van der Waals surface area (Å²) in [4.78, 5) is 24.0. The number of nitrogens with one attached hydrogen (secondary N) is 2. The molecule has 1 unspecified atom stereocenters. The molecule has 0 spiro atoms. The van der Waals surface area contributed by atoms with Crippen LogP contribution in [0.4, 0.5) is 0 Å². The van der Waals surface area contributed by atoms with Gasteiger partial charge < -0.3 is 5.43 Å². The number of rotatable bonds is 4. The lowest BCUT2D eigenvalue weighted by Gasteiger charge is -2.23. The second-order valence-electron chi connectivity index (χ2n) is 5.60. The first-order valence-corrected chi connectivity index (χ1v) is 7.62. The van der Waals surface area contributed by atoms with E-state index in [0.29, 0.717) is 18.4 Å². The highest BCUT2D eigenvalue weighted by molar-refractivity contribution is 5.94. The van der Waals surface area contributed by atoms with Gasteiger partial charge in [-0.1, -0.05) is 48.5 Å². The van der Waals surface area contributed by atoms with E-state index in [0.717, 1.165) is 11.3 Å². The van der Waals surface area contributed by atoms with Crippen molar-refractivity contribution in [2.75, 3.05) is 0 Å². The number of benzene rings is 2. The van der Waals surface area contributed by atoms with E-state index in [1.54, 1.807) is 18.2 Å². The van der Waals surface area contributed by atoms with Gasteiger partial charge in [-0.3, -0.25) is 15.0 Å². The van der Waals surface area contributed by atoms with Crippen LogP contribution in [0.2, 0.25) is 0 Å². The van der Waals surface area contributed by atoms with Crippen LogP contribution in [0.3, 0.4) is 0 Å². The molecule has 4 heteroatoms. The van der Waals surface area contributed by atoms with Gasteiger partial charge in [0.05, 0.1) is 0 Å². The summed E-state index contributed by atoms with van der Waals surface area (Å²) in [5.74, 6) is -0.00725. The summed E-state index contributed by atoms with van der Waals surface area (Å²) in [6.45, 7) is 0. The second-order valence-corrected chi connectivity index (χ2v) is 5.60. The fraction of sp³-hybridized carbons (Fsp3) is 0.158. The van der Waals surface area contributed by atoms with Crippen molar-refractivity contribution in [3.63, 3.8) is 0 Å². The fourth-order valence-electron chi connectivity index (χ4n) is 2.74. The topological polar surface area (TPSA) is 58.2 Å². The smallest absolute Gasteiger partial charge is 0.269 e. The van der Waals surface area contributed by atoms with Gasteiger partial charge >= 0.3 is 0 Å². The number of carbonyl (C=O) groups excluding carboxylic acids is 2. The predicted molar refractivity (Wildman–Crippen MR) is 88.6 cm³/mol. The monoisotopic (exact) mass is 306 g/mol. The summed E-state index contributed by atoms with van der Waals surface area (Å²) in [6, 6.07) is 18.9. The van der Waals surface area contributed by atoms with Gasteiger partial charge in [-0.25, -0.2) is 0 Å². The van der Waals surface area contributed by atoms with Crippen molar-refractivity contribution in [1.29, 1.82) is 0 Å². The third-order valence-corrected chi connectivity index (χ3v) is 3.89. The molecule has 1 aliphatic rings. The molecule has 2 N–H and O–H groups in total. The molecule has 1 atom stereocenters. The maximum absolute atomic E-state index is 12.0. The Kier molecular flexibility index (Phi) is 4.52. The van der Waals surface area contributed by atoms with Crippen molar-refractivity contribution in [3.05, 3.63) is 83.6 Å². The summed E-state index contributed by atoms with van der Waals surface area (Å²) in [7, 11) is 0. The molecule has 3 rings (SSSR count). The third-order valence-electron chi connectivity index (χ3n) is 3.89. The molecule has 0 aliphatic heterocycles. The van der Waals surface area contributed by atoms with Gasteiger partial charge in [0.1, 0.15) is 0 Å². The van der Waals surface area contributed by atoms with Gasteiger partial charge in [-0.15, -0.1) is 0 Å². The Morgan fingerprint density at radius 1 is 0.913 bits per heavy atom. The highest BCUT2D eigenvalue weighted by Gasteiger charge is 2.22. The molecule has 0 saturated heterocycles. The molecule has 4 nitrogen and oxygen atoms in total. The number of amides is 1. The predicted octanol–water partition coefficient (Wildman–Crippen LogP) is 2.95. The average Bonchev–Trinajstić information content (AvgIpc) is 2.61. The molecule has 0 saturated carbocycles. The Hall–Kier alpha value is -2.88. The second kappa shape index (κ2) is 6.92. The van der Waals surface area contributed by atoms with Crippen molar-refractivity contribution < 1.29 is 9.59 Å². The van der Waals surface area contributed by atoms with Crippen LogP contribution in [0.1, 0.15) is 34.7 Å². The molecule has 0 fully saturated rings. The maximum atomic E-state index is 12.0. The van der Waals surface area contributed by atoms with Crippen molar-refractivity contribution in [1.82, 2.24) is 10.9 Å². The molecule has 0 heterocycles. The lowest BCUT2D eigenvalue weighted by molar-refractivity contribution is -0.115. The van der Waals surface area contributed by atoms with Crippen LogP contribution in [0, 0.1) is 0 Å². The highest BCUT2D eigenvalue weighted by atomic mass is 16.2. The Morgan fingerprint density at radius 3 is 2.26 bits per heavy atom. The Balaban J connectivity index is 1.64. The zero-order valence-corrected chi connectivity index (χ0v) is 12.7. The molecule has 1 aliphatic carbocycles. The third kappa shape index (κ3) is 3.86. The molecular weight excluding hydrogens is 288 g/mol. The molecule has 1 amide bonds. The minimum atomic E-state index is -0.221. The quantitative estimate of drug-likeness (QED) is 0.854. The SMILES string of the molecule is O=C1C=C(NNC(=O)c2ccccc2)CC(c2ccccc2)C1. The number of hydrogen-bond donors (Lipinski definition) is 2. The lowest BCUT2D eigenvalue weighted by Crippen LogP contribution is -2.38. The van der Waals surface area contributed by atoms with Gasteiger partial charge in [0.15, 0.2) is 5.78 Å². The number of hydrogen-bond acceptors (Lipinski definition) is 3. The standard InChI is InChI=1S/C19H18N2O2/c22-18-12-16(14-7-3-1-4-8-14)11-17(13-18)20-21-19(23)15-9-5-2-6-10-15/h1-10,13,16,20H,11-12H2,(H,21,23). The Labute approximate surface area is 135 Å². The van der Waals surface area contributed by atoms with Gasteiger partial charge in [-0.2, -0.15) is 0 Å². The highest BCUT2D eigenvalue weighted by Crippen LogP contribution is 2.29. The number of carbonyl (C=O) groups is 2. The number of allylic oxidation sites excluding steroid dienone is 2. The zero-order chi connectivity index (χ0) is 16.1. The van der Waals surface area contributed by atoms with Crippen LogP contribution in [0.5, 0.6) is 0 Å². The van der Waals surface area contributed by atoms with Crippen molar-refractivity contribution in [2.45, 2.75) is 18.8 Å². The first-order valence-electron chi connectivity index (χ1n) is 7.62. The Morgan fingerprint density at radius 2 is 1.57 bits per heavy atom.